The van der Waals surface area contributed by atoms with Gasteiger partial charge < -0.3 is 15.3 Å². The Morgan fingerprint density at radius 1 is 1.33 bits per heavy atom. The molecule has 2 N–H and O–H groups in total. The van der Waals surface area contributed by atoms with Crippen molar-refractivity contribution in [1.29, 1.82) is 0 Å². The SMILES string of the molecule is CCNCC(=O)N1CCN(CCO)CC1. The van der Waals surface area contributed by atoms with Crippen LogP contribution in [0.2, 0.25) is 0 Å². The summed E-state index contributed by atoms with van der Waals surface area (Å²) in [7, 11) is 0. The van der Waals surface area contributed by atoms with Crippen LogP contribution in [0.25, 0.3) is 0 Å². The molecule has 5 heteroatoms. The third-order valence-corrected chi connectivity index (χ3v) is 2.67. The molecule has 5 nitrogen and oxygen atoms in total. The lowest BCUT2D eigenvalue weighted by Crippen LogP contribution is -2.51. The minimum atomic E-state index is 0.181. The Morgan fingerprint density at radius 3 is 2.53 bits per heavy atom. The van der Waals surface area contributed by atoms with Crippen LogP contribution in [-0.2, 0) is 4.79 Å². The van der Waals surface area contributed by atoms with E-state index in [1.165, 1.54) is 0 Å². The number of piperazine rings is 1. The number of hydrogen-bond acceptors (Lipinski definition) is 4. The monoisotopic (exact) mass is 215 g/mol. The van der Waals surface area contributed by atoms with Crippen molar-refractivity contribution in [3.63, 3.8) is 0 Å². The van der Waals surface area contributed by atoms with Gasteiger partial charge in [-0.15, -0.1) is 0 Å². The molecule has 88 valence electrons. The van der Waals surface area contributed by atoms with E-state index in [9.17, 15) is 4.79 Å². The number of nitrogens with zero attached hydrogens (tertiary/aromatic N) is 2. The third-order valence-electron chi connectivity index (χ3n) is 2.67. The van der Waals surface area contributed by atoms with Crippen molar-refractivity contribution in [2.75, 3.05) is 52.4 Å². The molecule has 1 fully saturated rings. The fraction of sp³-hybridized carbons (Fsp3) is 0.900. The largest absolute Gasteiger partial charge is 0.395 e. The lowest BCUT2D eigenvalue weighted by atomic mass is 10.3. The van der Waals surface area contributed by atoms with Gasteiger partial charge in [0.2, 0.25) is 5.91 Å². The van der Waals surface area contributed by atoms with Crippen molar-refractivity contribution in [1.82, 2.24) is 15.1 Å². The molecule has 0 spiro atoms. The van der Waals surface area contributed by atoms with Gasteiger partial charge in [-0.3, -0.25) is 9.69 Å². The van der Waals surface area contributed by atoms with Crippen LogP contribution in [0.4, 0.5) is 0 Å². The summed E-state index contributed by atoms with van der Waals surface area (Å²) in [5, 5.41) is 11.8. The summed E-state index contributed by atoms with van der Waals surface area (Å²) >= 11 is 0. The van der Waals surface area contributed by atoms with Gasteiger partial charge in [0.1, 0.15) is 0 Å². The number of β-amino-alcohol motifs (C(OH)–C–C–N with tert-alkyl or cyclic N) is 1. The van der Waals surface area contributed by atoms with Crippen molar-refractivity contribution in [2.45, 2.75) is 6.92 Å². The second-order valence-corrected chi connectivity index (χ2v) is 3.73. The van der Waals surface area contributed by atoms with Gasteiger partial charge in [0.15, 0.2) is 0 Å². The second-order valence-electron chi connectivity index (χ2n) is 3.73. The van der Waals surface area contributed by atoms with E-state index in [4.69, 9.17) is 5.11 Å². The smallest absolute Gasteiger partial charge is 0.236 e. The molecule has 0 saturated carbocycles. The Morgan fingerprint density at radius 2 is 2.00 bits per heavy atom. The Bertz CT molecular complexity index is 191. The summed E-state index contributed by atoms with van der Waals surface area (Å²) in [4.78, 5) is 15.7. The topological polar surface area (TPSA) is 55.8 Å². The Balaban J connectivity index is 2.21. The number of nitrogens with one attached hydrogen (secondary N) is 1. The normalized spacial score (nSPS) is 18.1. The quantitative estimate of drug-likeness (QED) is 0.600. The van der Waals surface area contributed by atoms with Crippen LogP contribution in [0.3, 0.4) is 0 Å². The fourth-order valence-electron chi connectivity index (χ4n) is 1.71. The first-order valence-corrected chi connectivity index (χ1v) is 5.59. The molecule has 1 rings (SSSR count). The maximum Gasteiger partial charge on any atom is 0.236 e. The number of aliphatic hydroxyl groups excluding tert-OH is 1. The molecule has 1 aliphatic heterocycles. The molecule has 0 radical (unpaired) electrons. The molecule has 0 aromatic carbocycles. The van der Waals surface area contributed by atoms with Gasteiger partial charge in [0.05, 0.1) is 13.2 Å². The van der Waals surface area contributed by atoms with Crippen LogP contribution in [0.15, 0.2) is 0 Å². The third kappa shape index (κ3) is 4.15. The summed E-state index contributed by atoms with van der Waals surface area (Å²) in [5.41, 5.74) is 0. The molecule has 1 aliphatic rings. The van der Waals surface area contributed by atoms with E-state index >= 15 is 0 Å². The first kappa shape index (κ1) is 12.4. The Kier molecular flexibility index (Phi) is 5.60. The van der Waals surface area contributed by atoms with E-state index in [-0.39, 0.29) is 12.5 Å². The van der Waals surface area contributed by atoms with Gasteiger partial charge in [-0.05, 0) is 6.54 Å². The van der Waals surface area contributed by atoms with Crippen LogP contribution in [0.5, 0.6) is 0 Å². The standard InChI is InChI=1S/C10H21N3O2/c1-2-11-9-10(15)13-5-3-12(4-6-13)7-8-14/h11,14H,2-9H2,1H3. The van der Waals surface area contributed by atoms with Crippen molar-refractivity contribution in [3.05, 3.63) is 0 Å². The van der Waals surface area contributed by atoms with Gasteiger partial charge in [0, 0.05) is 32.7 Å². The average Bonchev–Trinajstić information content (AvgIpc) is 2.27. The molecule has 1 amide bonds. The highest BCUT2D eigenvalue weighted by Crippen LogP contribution is 2.00. The maximum atomic E-state index is 11.6. The highest BCUT2D eigenvalue weighted by Gasteiger charge is 2.19. The molecule has 0 atom stereocenters. The van der Waals surface area contributed by atoms with E-state index in [1.807, 2.05) is 11.8 Å². The zero-order valence-corrected chi connectivity index (χ0v) is 9.41. The predicted molar refractivity (Wildman–Crippen MR) is 58.6 cm³/mol. The zero-order valence-electron chi connectivity index (χ0n) is 9.41. The number of likely N-dealkylation sites (N-methyl/N-ethyl adjacent to an activating group) is 1. The van der Waals surface area contributed by atoms with Gasteiger partial charge in [-0.1, -0.05) is 6.92 Å². The van der Waals surface area contributed by atoms with Crippen LogP contribution < -0.4 is 5.32 Å². The summed E-state index contributed by atoms with van der Waals surface area (Å²) < 4.78 is 0. The number of carbonyl (C=O) groups is 1. The number of carbonyl (C=O) groups excluding carboxylic acids is 1. The summed E-state index contributed by atoms with van der Waals surface area (Å²) in [5.74, 6) is 0.181. The number of hydrogen-bond donors (Lipinski definition) is 2. The average molecular weight is 215 g/mol. The van der Waals surface area contributed by atoms with Crippen LogP contribution in [-0.4, -0.2) is 73.2 Å². The van der Waals surface area contributed by atoms with Crippen LogP contribution in [0.1, 0.15) is 6.92 Å². The maximum absolute atomic E-state index is 11.6. The highest BCUT2D eigenvalue weighted by atomic mass is 16.3. The molecule has 0 unspecified atom stereocenters. The molecular formula is C10H21N3O2. The molecule has 15 heavy (non-hydrogen) atoms. The fourth-order valence-corrected chi connectivity index (χ4v) is 1.71. The van der Waals surface area contributed by atoms with Crippen LogP contribution >= 0.6 is 0 Å². The summed E-state index contributed by atoms with van der Waals surface area (Å²) in [6, 6.07) is 0. The molecule has 0 aromatic heterocycles. The molecular weight excluding hydrogens is 194 g/mol. The van der Waals surface area contributed by atoms with Crippen LogP contribution in [0, 0.1) is 0 Å². The van der Waals surface area contributed by atoms with Gasteiger partial charge >= 0.3 is 0 Å². The lowest BCUT2D eigenvalue weighted by molar-refractivity contribution is -0.132. The minimum absolute atomic E-state index is 0.181. The van der Waals surface area contributed by atoms with E-state index < -0.39 is 0 Å². The van der Waals surface area contributed by atoms with Gasteiger partial charge in [0.25, 0.3) is 0 Å². The zero-order chi connectivity index (χ0) is 11.1. The van der Waals surface area contributed by atoms with Gasteiger partial charge in [-0.2, -0.15) is 0 Å². The predicted octanol–water partition coefficient (Wildman–Crippen LogP) is -1.27. The summed E-state index contributed by atoms with van der Waals surface area (Å²) in [6.07, 6.45) is 0. The molecule has 1 heterocycles. The van der Waals surface area contributed by atoms with Gasteiger partial charge in [-0.25, -0.2) is 0 Å². The van der Waals surface area contributed by atoms with Crippen molar-refractivity contribution < 1.29 is 9.90 Å². The molecule has 0 aliphatic carbocycles. The number of aliphatic hydroxyl groups is 1. The second kappa shape index (κ2) is 6.76. The van der Waals surface area contributed by atoms with E-state index in [1.54, 1.807) is 0 Å². The first-order chi connectivity index (χ1) is 7.27. The first-order valence-electron chi connectivity index (χ1n) is 5.59. The lowest BCUT2D eigenvalue weighted by Gasteiger charge is -2.34. The Labute approximate surface area is 91.0 Å². The Hall–Kier alpha value is -0.650. The molecule has 1 saturated heterocycles. The molecule has 0 aromatic rings. The molecule has 0 bridgehead atoms. The number of rotatable bonds is 5. The number of amides is 1. The highest BCUT2D eigenvalue weighted by molar-refractivity contribution is 5.78. The summed E-state index contributed by atoms with van der Waals surface area (Å²) in [6.45, 7) is 7.49. The van der Waals surface area contributed by atoms with E-state index in [0.29, 0.717) is 6.54 Å². The van der Waals surface area contributed by atoms with Crippen molar-refractivity contribution in [3.8, 4) is 0 Å². The minimum Gasteiger partial charge on any atom is -0.395 e. The van der Waals surface area contributed by atoms with E-state index in [2.05, 4.69) is 10.2 Å². The van der Waals surface area contributed by atoms with E-state index in [0.717, 1.165) is 39.3 Å². The van der Waals surface area contributed by atoms with Crippen molar-refractivity contribution >= 4 is 5.91 Å². The van der Waals surface area contributed by atoms with Crippen molar-refractivity contribution in [2.24, 2.45) is 0 Å².